The highest BCUT2D eigenvalue weighted by molar-refractivity contribution is 7.91. The Morgan fingerprint density at radius 3 is 2.67 bits per heavy atom. The first-order valence-electron chi connectivity index (χ1n) is 6.22. The highest BCUT2D eigenvalue weighted by Gasteiger charge is 2.44. The van der Waals surface area contributed by atoms with Crippen LogP contribution in [0.2, 0.25) is 0 Å². The van der Waals surface area contributed by atoms with Crippen molar-refractivity contribution in [1.29, 1.82) is 0 Å². The number of thiophene rings is 1. The van der Waals surface area contributed by atoms with Crippen LogP contribution in [-0.2, 0) is 15.4 Å². The van der Waals surface area contributed by atoms with Crippen LogP contribution in [0.3, 0.4) is 0 Å². The minimum atomic E-state index is -3.44. The first-order valence-corrected chi connectivity index (χ1v) is 8.75. The van der Waals surface area contributed by atoms with E-state index in [1.165, 1.54) is 18.2 Å². The van der Waals surface area contributed by atoms with Crippen molar-refractivity contribution in [1.82, 2.24) is 0 Å². The lowest BCUT2D eigenvalue weighted by Gasteiger charge is -2.33. The molecule has 0 fully saturated rings. The number of sulfone groups is 1. The molecule has 2 aromatic rings. The summed E-state index contributed by atoms with van der Waals surface area (Å²) < 4.78 is 24.3. The average molecular weight is 324 g/mol. The first kappa shape index (κ1) is 14.2. The van der Waals surface area contributed by atoms with Gasteiger partial charge in [0.05, 0.1) is 21.1 Å². The highest BCUT2D eigenvalue weighted by Crippen LogP contribution is 2.44. The lowest BCUT2D eigenvalue weighted by Crippen LogP contribution is -2.36. The Kier molecular flexibility index (Phi) is 3.16. The van der Waals surface area contributed by atoms with Gasteiger partial charge in [0.2, 0.25) is 0 Å². The van der Waals surface area contributed by atoms with Crippen molar-refractivity contribution < 1.29 is 23.4 Å². The SMILES string of the molecule is O=C(O)c1ccsc1C1(O)CCS(=O)(=O)c2ccccc21. The van der Waals surface area contributed by atoms with Gasteiger partial charge in [0.1, 0.15) is 5.60 Å². The van der Waals surface area contributed by atoms with Crippen molar-refractivity contribution in [3.05, 3.63) is 51.7 Å². The van der Waals surface area contributed by atoms with Gasteiger partial charge in [0, 0.05) is 5.56 Å². The molecule has 0 radical (unpaired) electrons. The standard InChI is InChI=1S/C14H12O5S2/c15-13(16)9-5-7-20-12(9)14(17)6-8-21(18,19)11-4-2-1-3-10(11)14/h1-5,7,17H,6,8H2,(H,15,16). The maximum absolute atomic E-state index is 12.1. The molecule has 0 saturated heterocycles. The zero-order valence-corrected chi connectivity index (χ0v) is 12.4. The number of aliphatic hydroxyl groups is 1. The molecule has 1 aromatic carbocycles. The van der Waals surface area contributed by atoms with Gasteiger partial charge in [-0.15, -0.1) is 11.3 Å². The molecule has 1 atom stereocenters. The summed E-state index contributed by atoms with van der Waals surface area (Å²) in [5, 5.41) is 21.8. The molecule has 110 valence electrons. The van der Waals surface area contributed by atoms with Gasteiger partial charge in [-0.3, -0.25) is 0 Å². The number of aromatic carboxylic acids is 1. The summed E-state index contributed by atoms with van der Waals surface area (Å²) in [6, 6.07) is 7.64. The first-order chi connectivity index (χ1) is 9.86. The Hall–Kier alpha value is -1.70. The molecule has 0 bridgehead atoms. The Labute approximate surface area is 125 Å². The van der Waals surface area contributed by atoms with Gasteiger partial charge in [0.25, 0.3) is 0 Å². The second-order valence-electron chi connectivity index (χ2n) is 4.89. The average Bonchev–Trinajstić information content (AvgIpc) is 2.94. The molecular weight excluding hydrogens is 312 g/mol. The predicted octanol–water partition coefficient (Wildman–Crippen LogP) is 1.86. The topological polar surface area (TPSA) is 91.7 Å². The molecule has 1 aliphatic rings. The van der Waals surface area contributed by atoms with Gasteiger partial charge in [0.15, 0.2) is 9.84 Å². The van der Waals surface area contributed by atoms with E-state index in [9.17, 15) is 23.4 Å². The molecule has 1 aliphatic heterocycles. The summed E-state index contributed by atoms with van der Waals surface area (Å²) in [5.41, 5.74) is -1.32. The Bertz CT molecular complexity index is 821. The quantitative estimate of drug-likeness (QED) is 0.880. The predicted molar refractivity (Wildman–Crippen MR) is 77.4 cm³/mol. The maximum Gasteiger partial charge on any atom is 0.336 e. The van der Waals surface area contributed by atoms with E-state index < -0.39 is 21.4 Å². The largest absolute Gasteiger partial charge is 0.478 e. The summed E-state index contributed by atoms with van der Waals surface area (Å²) in [6.45, 7) is 0. The number of rotatable bonds is 2. The second kappa shape index (κ2) is 4.66. The number of fused-ring (bicyclic) bond motifs is 1. The van der Waals surface area contributed by atoms with E-state index in [0.717, 1.165) is 11.3 Å². The monoisotopic (exact) mass is 324 g/mol. The van der Waals surface area contributed by atoms with Crippen molar-refractivity contribution in [3.8, 4) is 0 Å². The van der Waals surface area contributed by atoms with Gasteiger partial charge in [-0.2, -0.15) is 0 Å². The number of carbonyl (C=O) groups is 1. The fourth-order valence-corrected chi connectivity index (χ4v) is 5.31. The summed E-state index contributed by atoms with van der Waals surface area (Å²) in [7, 11) is -3.44. The molecule has 2 heterocycles. The van der Waals surface area contributed by atoms with E-state index in [0.29, 0.717) is 0 Å². The van der Waals surface area contributed by atoms with Crippen LogP contribution in [0.25, 0.3) is 0 Å². The smallest absolute Gasteiger partial charge is 0.336 e. The van der Waals surface area contributed by atoms with Gasteiger partial charge >= 0.3 is 5.97 Å². The van der Waals surface area contributed by atoms with Crippen LogP contribution in [0.5, 0.6) is 0 Å². The third-order valence-corrected chi connectivity index (χ3v) is 6.50. The molecule has 21 heavy (non-hydrogen) atoms. The molecule has 7 heteroatoms. The lowest BCUT2D eigenvalue weighted by molar-refractivity contribution is 0.0628. The molecule has 1 aromatic heterocycles. The summed E-state index contributed by atoms with van der Waals surface area (Å²) in [5.74, 6) is -1.34. The lowest BCUT2D eigenvalue weighted by atomic mass is 9.87. The molecule has 5 nitrogen and oxygen atoms in total. The normalized spacial score (nSPS) is 23.5. The van der Waals surface area contributed by atoms with Gasteiger partial charge in [-0.05, 0) is 23.9 Å². The molecular formula is C14H12O5S2. The van der Waals surface area contributed by atoms with E-state index in [1.807, 2.05) is 0 Å². The van der Waals surface area contributed by atoms with E-state index in [1.54, 1.807) is 17.5 Å². The fourth-order valence-electron chi connectivity index (χ4n) is 2.64. The van der Waals surface area contributed by atoms with Gasteiger partial charge in [-0.1, -0.05) is 18.2 Å². The molecule has 2 N–H and O–H groups in total. The third kappa shape index (κ3) is 2.08. The van der Waals surface area contributed by atoms with E-state index in [2.05, 4.69) is 0 Å². The van der Waals surface area contributed by atoms with E-state index >= 15 is 0 Å². The molecule has 0 saturated carbocycles. The van der Waals surface area contributed by atoms with Crippen LogP contribution in [-0.4, -0.2) is 30.4 Å². The molecule has 3 rings (SSSR count). The Morgan fingerprint density at radius 1 is 1.24 bits per heavy atom. The minimum absolute atomic E-state index is 0.0107. The second-order valence-corrected chi connectivity index (χ2v) is 7.89. The molecule has 0 amide bonds. The highest BCUT2D eigenvalue weighted by atomic mass is 32.2. The Morgan fingerprint density at radius 2 is 1.95 bits per heavy atom. The zero-order chi connectivity index (χ0) is 15.3. The van der Waals surface area contributed by atoms with Crippen LogP contribution in [0.4, 0.5) is 0 Å². The van der Waals surface area contributed by atoms with Crippen LogP contribution in [0.1, 0.15) is 27.2 Å². The number of carboxylic acids is 1. The summed E-state index contributed by atoms with van der Waals surface area (Å²) >= 11 is 1.12. The van der Waals surface area contributed by atoms with E-state index in [-0.39, 0.29) is 33.1 Å². The fraction of sp³-hybridized carbons (Fsp3) is 0.214. The van der Waals surface area contributed by atoms with Crippen molar-refractivity contribution in [3.63, 3.8) is 0 Å². The van der Waals surface area contributed by atoms with Crippen LogP contribution in [0, 0.1) is 0 Å². The van der Waals surface area contributed by atoms with Crippen molar-refractivity contribution >= 4 is 27.1 Å². The summed E-state index contributed by atoms with van der Waals surface area (Å²) in [4.78, 5) is 11.6. The van der Waals surface area contributed by atoms with Gasteiger partial charge < -0.3 is 10.2 Å². The maximum atomic E-state index is 12.1. The summed E-state index contributed by atoms with van der Waals surface area (Å²) in [6.07, 6.45) is -0.0485. The van der Waals surface area contributed by atoms with Crippen molar-refractivity contribution in [2.75, 3.05) is 5.75 Å². The van der Waals surface area contributed by atoms with Crippen molar-refractivity contribution in [2.24, 2.45) is 0 Å². The number of hydrogen-bond donors (Lipinski definition) is 2. The Balaban J connectivity index is 2.28. The molecule has 1 unspecified atom stereocenters. The van der Waals surface area contributed by atoms with Crippen LogP contribution in [0.15, 0.2) is 40.6 Å². The zero-order valence-electron chi connectivity index (χ0n) is 10.8. The van der Waals surface area contributed by atoms with Crippen LogP contribution >= 0.6 is 11.3 Å². The molecule has 0 spiro atoms. The van der Waals surface area contributed by atoms with Gasteiger partial charge in [-0.25, -0.2) is 13.2 Å². The molecule has 0 aliphatic carbocycles. The minimum Gasteiger partial charge on any atom is -0.478 e. The number of carboxylic acid groups (broad SMARTS) is 1. The number of hydrogen-bond acceptors (Lipinski definition) is 5. The van der Waals surface area contributed by atoms with Crippen LogP contribution < -0.4 is 0 Å². The van der Waals surface area contributed by atoms with E-state index in [4.69, 9.17) is 0 Å². The number of benzene rings is 1. The van der Waals surface area contributed by atoms with Crippen molar-refractivity contribution in [2.45, 2.75) is 16.9 Å². The third-order valence-electron chi connectivity index (χ3n) is 3.67.